The van der Waals surface area contributed by atoms with Crippen molar-refractivity contribution < 1.29 is 4.42 Å². The first-order valence-corrected chi connectivity index (χ1v) is 17.5. The summed E-state index contributed by atoms with van der Waals surface area (Å²) in [6.45, 7) is 0. The molecule has 238 valence electrons. The molecule has 0 saturated carbocycles. The minimum absolute atomic E-state index is 0.894. The summed E-state index contributed by atoms with van der Waals surface area (Å²) < 4.78 is 6.55. The number of rotatable bonds is 5. The maximum absolute atomic E-state index is 6.55. The molecule has 0 aliphatic carbocycles. The quantitative estimate of drug-likeness (QED) is 0.169. The first kappa shape index (κ1) is 29.2. The van der Waals surface area contributed by atoms with Gasteiger partial charge in [-0.1, -0.05) is 170 Å². The molecule has 0 fully saturated rings. The molecule has 51 heavy (non-hydrogen) atoms. The van der Waals surface area contributed by atoms with Gasteiger partial charge in [0.05, 0.1) is 0 Å². The van der Waals surface area contributed by atoms with Crippen LogP contribution in [-0.2, 0) is 0 Å². The lowest BCUT2D eigenvalue weighted by molar-refractivity contribution is 0.669. The van der Waals surface area contributed by atoms with E-state index in [-0.39, 0.29) is 0 Å². The van der Waals surface area contributed by atoms with Crippen molar-refractivity contribution in [3.8, 4) is 55.6 Å². The van der Waals surface area contributed by atoms with E-state index in [0.717, 1.165) is 21.9 Å². The normalized spacial score (nSPS) is 11.5. The average molecular weight is 649 g/mol. The van der Waals surface area contributed by atoms with Gasteiger partial charge in [0.1, 0.15) is 11.2 Å². The van der Waals surface area contributed by atoms with E-state index in [1.54, 1.807) is 0 Å². The zero-order valence-electron chi connectivity index (χ0n) is 27.9. The smallest absolute Gasteiger partial charge is 0.136 e. The Kier molecular flexibility index (Phi) is 6.89. The van der Waals surface area contributed by atoms with Crippen LogP contribution >= 0.6 is 0 Å². The molecule has 0 N–H and O–H groups in total. The summed E-state index contributed by atoms with van der Waals surface area (Å²) in [7, 11) is 0. The Morgan fingerprint density at radius 3 is 1.35 bits per heavy atom. The molecule has 0 amide bonds. The highest BCUT2D eigenvalue weighted by Gasteiger charge is 2.20. The molecule has 10 rings (SSSR count). The standard InChI is InChI=1S/C50H32O/c1-3-13-33(14-4-1)35-25-27-36(28-26-35)38-29-30-46-45(32-38)50-44(23-12-24-47(50)51-46)49-42-21-9-7-19-40(42)48(41-20-8-10-22-43(41)49)39-18-11-17-37(31-39)34-15-5-2-6-16-34/h1-32H. The molecule has 0 atom stereocenters. The van der Waals surface area contributed by atoms with Gasteiger partial charge in [-0.25, -0.2) is 0 Å². The Morgan fingerprint density at radius 1 is 0.255 bits per heavy atom. The lowest BCUT2D eigenvalue weighted by Crippen LogP contribution is -1.91. The Hall–Kier alpha value is -6.70. The summed E-state index contributed by atoms with van der Waals surface area (Å²) in [6, 6.07) is 69.9. The molecule has 0 radical (unpaired) electrons. The van der Waals surface area contributed by atoms with Crippen LogP contribution in [0.25, 0.3) is 99.1 Å². The number of hydrogen-bond donors (Lipinski definition) is 0. The fraction of sp³-hybridized carbons (Fsp3) is 0. The molecule has 0 aliphatic heterocycles. The Morgan fingerprint density at radius 2 is 0.706 bits per heavy atom. The average Bonchev–Trinajstić information content (AvgIpc) is 3.59. The molecule has 1 heteroatoms. The highest BCUT2D eigenvalue weighted by molar-refractivity contribution is 6.25. The van der Waals surface area contributed by atoms with Crippen molar-refractivity contribution in [2.24, 2.45) is 0 Å². The molecule has 1 nitrogen and oxygen atoms in total. The van der Waals surface area contributed by atoms with Gasteiger partial charge in [0.25, 0.3) is 0 Å². The zero-order valence-corrected chi connectivity index (χ0v) is 27.9. The van der Waals surface area contributed by atoms with E-state index in [0.29, 0.717) is 0 Å². The van der Waals surface area contributed by atoms with E-state index < -0.39 is 0 Å². The lowest BCUT2D eigenvalue weighted by atomic mass is 9.84. The Labute approximate surface area is 296 Å². The molecule has 1 aromatic heterocycles. The minimum atomic E-state index is 0.894. The monoisotopic (exact) mass is 648 g/mol. The topological polar surface area (TPSA) is 13.1 Å². The Bertz CT molecular complexity index is 2820. The first-order chi connectivity index (χ1) is 25.3. The Balaban J connectivity index is 1.19. The summed E-state index contributed by atoms with van der Waals surface area (Å²) in [5.74, 6) is 0. The third-order valence-electron chi connectivity index (χ3n) is 10.3. The van der Waals surface area contributed by atoms with E-state index in [2.05, 4.69) is 194 Å². The van der Waals surface area contributed by atoms with Crippen molar-refractivity contribution in [2.75, 3.05) is 0 Å². The van der Waals surface area contributed by atoms with Crippen molar-refractivity contribution in [1.29, 1.82) is 0 Å². The van der Waals surface area contributed by atoms with Crippen molar-refractivity contribution >= 4 is 43.5 Å². The molecule has 0 saturated heterocycles. The van der Waals surface area contributed by atoms with Crippen LogP contribution in [0, 0.1) is 0 Å². The van der Waals surface area contributed by atoms with E-state index in [4.69, 9.17) is 4.42 Å². The van der Waals surface area contributed by atoms with Crippen LogP contribution in [0.3, 0.4) is 0 Å². The van der Waals surface area contributed by atoms with E-state index in [1.807, 2.05) is 0 Å². The van der Waals surface area contributed by atoms with Gasteiger partial charge >= 0.3 is 0 Å². The van der Waals surface area contributed by atoms with Gasteiger partial charge in [-0.15, -0.1) is 0 Å². The fourth-order valence-electron chi connectivity index (χ4n) is 7.91. The van der Waals surface area contributed by atoms with Crippen molar-refractivity contribution in [2.45, 2.75) is 0 Å². The van der Waals surface area contributed by atoms with Crippen LogP contribution in [0.1, 0.15) is 0 Å². The lowest BCUT2D eigenvalue weighted by Gasteiger charge is -2.18. The van der Waals surface area contributed by atoms with Gasteiger partial charge < -0.3 is 4.42 Å². The van der Waals surface area contributed by atoms with Gasteiger partial charge in [-0.3, -0.25) is 0 Å². The van der Waals surface area contributed by atoms with Gasteiger partial charge in [0.2, 0.25) is 0 Å². The fourth-order valence-corrected chi connectivity index (χ4v) is 7.91. The second kappa shape index (κ2) is 12.0. The van der Waals surface area contributed by atoms with Gasteiger partial charge in [0.15, 0.2) is 0 Å². The third kappa shape index (κ3) is 4.94. The molecule has 10 aromatic rings. The van der Waals surface area contributed by atoms with Gasteiger partial charge in [-0.2, -0.15) is 0 Å². The molecule has 0 bridgehead atoms. The summed E-state index contributed by atoms with van der Waals surface area (Å²) in [5.41, 5.74) is 13.9. The predicted octanol–water partition coefficient (Wildman–Crippen LogP) is 14.2. The largest absolute Gasteiger partial charge is 0.456 e. The van der Waals surface area contributed by atoms with Crippen LogP contribution in [0.2, 0.25) is 0 Å². The van der Waals surface area contributed by atoms with E-state index in [9.17, 15) is 0 Å². The van der Waals surface area contributed by atoms with Crippen LogP contribution in [0.4, 0.5) is 0 Å². The maximum Gasteiger partial charge on any atom is 0.136 e. The van der Waals surface area contributed by atoms with Crippen molar-refractivity contribution in [3.63, 3.8) is 0 Å². The molecular formula is C50H32O. The second-order valence-corrected chi connectivity index (χ2v) is 13.2. The number of hydrogen-bond acceptors (Lipinski definition) is 1. The van der Waals surface area contributed by atoms with Gasteiger partial charge in [-0.05, 0) is 101 Å². The molecule has 1 heterocycles. The maximum atomic E-state index is 6.55. The summed E-state index contributed by atoms with van der Waals surface area (Å²) >= 11 is 0. The second-order valence-electron chi connectivity index (χ2n) is 13.2. The van der Waals surface area contributed by atoms with Crippen LogP contribution in [-0.4, -0.2) is 0 Å². The molecular weight excluding hydrogens is 617 g/mol. The molecule has 9 aromatic carbocycles. The molecule has 0 aliphatic rings. The van der Waals surface area contributed by atoms with Crippen molar-refractivity contribution in [1.82, 2.24) is 0 Å². The number of fused-ring (bicyclic) bond motifs is 5. The predicted molar refractivity (Wildman–Crippen MR) is 216 cm³/mol. The third-order valence-corrected chi connectivity index (χ3v) is 10.3. The molecule has 0 spiro atoms. The van der Waals surface area contributed by atoms with Crippen molar-refractivity contribution in [3.05, 3.63) is 194 Å². The van der Waals surface area contributed by atoms with Crippen LogP contribution in [0.5, 0.6) is 0 Å². The van der Waals surface area contributed by atoms with Gasteiger partial charge in [0, 0.05) is 10.8 Å². The summed E-state index contributed by atoms with van der Waals surface area (Å²) in [6.07, 6.45) is 0. The van der Waals surface area contributed by atoms with Crippen LogP contribution < -0.4 is 0 Å². The number of furan rings is 1. The van der Waals surface area contributed by atoms with E-state index >= 15 is 0 Å². The zero-order chi connectivity index (χ0) is 33.7. The highest BCUT2D eigenvalue weighted by Crippen LogP contribution is 2.47. The van der Waals surface area contributed by atoms with E-state index in [1.165, 1.54) is 77.2 Å². The highest BCUT2D eigenvalue weighted by atomic mass is 16.3. The molecule has 0 unspecified atom stereocenters. The first-order valence-electron chi connectivity index (χ1n) is 17.5. The minimum Gasteiger partial charge on any atom is -0.456 e. The van der Waals surface area contributed by atoms with Crippen LogP contribution in [0.15, 0.2) is 199 Å². The summed E-state index contributed by atoms with van der Waals surface area (Å²) in [4.78, 5) is 0. The summed E-state index contributed by atoms with van der Waals surface area (Å²) in [5, 5.41) is 7.19. The number of benzene rings is 9. The SMILES string of the molecule is c1ccc(-c2ccc(-c3ccc4oc5cccc(-c6c7ccccc7c(-c7cccc(-c8ccccc8)c7)c7ccccc67)c5c4c3)cc2)cc1.